The van der Waals surface area contributed by atoms with E-state index in [4.69, 9.17) is 5.73 Å². The van der Waals surface area contributed by atoms with Crippen LogP contribution in [0.3, 0.4) is 0 Å². The van der Waals surface area contributed by atoms with Crippen LogP contribution in [0.2, 0.25) is 0 Å². The molecular formula is C21H26N6S. The lowest BCUT2D eigenvalue weighted by atomic mass is 9.90. The van der Waals surface area contributed by atoms with E-state index in [1.165, 1.54) is 10.4 Å². The van der Waals surface area contributed by atoms with Crippen LogP contribution in [0.5, 0.6) is 0 Å². The number of piperidine rings is 1. The van der Waals surface area contributed by atoms with Crippen molar-refractivity contribution in [2.24, 2.45) is 5.92 Å². The minimum absolute atomic E-state index is 0.592. The second-order valence-electron chi connectivity index (χ2n) is 7.37. The Kier molecular flexibility index (Phi) is 5.43. The van der Waals surface area contributed by atoms with Gasteiger partial charge in [-0.25, -0.2) is 15.0 Å². The molecule has 0 bridgehead atoms. The number of anilines is 4. The average molecular weight is 395 g/mol. The fourth-order valence-corrected chi connectivity index (χ4v) is 4.48. The summed E-state index contributed by atoms with van der Waals surface area (Å²) in [6, 6.07) is 10.7. The molecule has 0 atom stereocenters. The standard InChI is InChI=1S/C21H26N6S/c1-14-15(2)28-21(25-14)26-19-18(22)20(24-13-23-19)27-10-8-17(9-11-27)12-16-6-4-3-5-7-16/h3-7,13,17H,8-12,22H2,1-2H3,(H,23,24,25,26). The number of hydrogen-bond acceptors (Lipinski definition) is 7. The summed E-state index contributed by atoms with van der Waals surface area (Å²) in [5.41, 5.74) is 9.45. The van der Waals surface area contributed by atoms with E-state index in [0.717, 1.165) is 49.0 Å². The molecule has 4 rings (SSSR count). The summed E-state index contributed by atoms with van der Waals surface area (Å²) >= 11 is 1.61. The first-order chi connectivity index (χ1) is 13.6. The van der Waals surface area contributed by atoms with Gasteiger partial charge in [0, 0.05) is 18.0 Å². The summed E-state index contributed by atoms with van der Waals surface area (Å²) in [6.45, 7) is 6.00. The Balaban J connectivity index is 1.42. The number of aromatic nitrogens is 3. The van der Waals surface area contributed by atoms with Crippen molar-refractivity contribution in [2.75, 3.05) is 29.0 Å². The van der Waals surface area contributed by atoms with Crippen LogP contribution in [0.4, 0.5) is 22.5 Å². The molecule has 1 fully saturated rings. The first-order valence-corrected chi connectivity index (χ1v) is 10.5. The van der Waals surface area contributed by atoms with Crippen molar-refractivity contribution in [3.8, 4) is 0 Å². The zero-order valence-electron chi connectivity index (χ0n) is 16.4. The molecule has 7 heteroatoms. The molecular weight excluding hydrogens is 368 g/mol. The van der Waals surface area contributed by atoms with Gasteiger partial charge in [-0.2, -0.15) is 0 Å². The lowest BCUT2D eigenvalue weighted by Gasteiger charge is -2.33. The molecule has 146 valence electrons. The smallest absolute Gasteiger partial charge is 0.188 e. The van der Waals surface area contributed by atoms with E-state index in [2.05, 4.69) is 62.4 Å². The predicted octanol–water partition coefficient (Wildman–Crippen LogP) is 4.33. The fraction of sp³-hybridized carbons (Fsp3) is 0.381. The molecule has 0 aliphatic carbocycles. The molecule has 0 unspecified atom stereocenters. The van der Waals surface area contributed by atoms with Gasteiger partial charge in [-0.15, -0.1) is 11.3 Å². The van der Waals surface area contributed by atoms with Gasteiger partial charge in [-0.05, 0) is 44.6 Å². The van der Waals surface area contributed by atoms with E-state index in [0.29, 0.717) is 17.4 Å². The summed E-state index contributed by atoms with van der Waals surface area (Å²) in [5.74, 6) is 2.16. The van der Waals surface area contributed by atoms with Gasteiger partial charge in [0.1, 0.15) is 12.0 Å². The van der Waals surface area contributed by atoms with Crippen molar-refractivity contribution in [2.45, 2.75) is 33.1 Å². The van der Waals surface area contributed by atoms with Crippen LogP contribution in [-0.4, -0.2) is 28.0 Å². The predicted molar refractivity (Wildman–Crippen MR) is 116 cm³/mol. The zero-order valence-corrected chi connectivity index (χ0v) is 17.2. The largest absolute Gasteiger partial charge is 0.393 e. The lowest BCUT2D eigenvalue weighted by molar-refractivity contribution is 0.402. The highest BCUT2D eigenvalue weighted by molar-refractivity contribution is 7.15. The van der Waals surface area contributed by atoms with E-state index in [9.17, 15) is 0 Å². The van der Waals surface area contributed by atoms with Crippen LogP contribution >= 0.6 is 11.3 Å². The van der Waals surface area contributed by atoms with Crippen LogP contribution in [0.25, 0.3) is 0 Å². The van der Waals surface area contributed by atoms with E-state index in [1.54, 1.807) is 17.7 Å². The maximum absolute atomic E-state index is 6.41. The number of benzene rings is 1. The second-order valence-corrected chi connectivity index (χ2v) is 8.57. The number of nitrogens with two attached hydrogens (primary N) is 1. The molecule has 28 heavy (non-hydrogen) atoms. The molecule has 1 aromatic carbocycles. The monoisotopic (exact) mass is 394 g/mol. The number of rotatable bonds is 5. The molecule has 3 aromatic rings. The minimum Gasteiger partial charge on any atom is -0.393 e. The van der Waals surface area contributed by atoms with E-state index in [1.807, 2.05) is 6.92 Å². The summed E-state index contributed by atoms with van der Waals surface area (Å²) in [4.78, 5) is 16.8. The highest BCUT2D eigenvalue weighted by Gasteiger charge is 2.23. The van der Waals surface area contributed by atoms with Crippen LogP contribution in [0.15, 0.2) is 36.7 Å². The molecule has 6 nitrogen and oxygen atoms in total. The SMILES string of the molecule is Cc1nc(Nc2ncnc(N3CCC(Cc4ccccc4)CC3)c2N)sc1C. The summed E-state index contributed by atoms with van der Waals surface area (Å²) < 4.78 is 0. The molecule has 2 aromatic heterocycles. The van der Waals surface area contributed by atoms with Crippen molar-refractivity contribution in [1.29, 1.82) is 0 Å². The summed E-state index contributed by atoms with van der Waals surface area (Å²) in [7, 11) is 0. The van der Waals surface area contributed by atoms with E-state index >= 15 is 0 Å². The van der Waals surface area contributed by atoms with Gasteiger partial charge in [0.2, 0.25) is 0 Å². The summed E-state index contributed by atoms with van der Waals surface area (Å²) in [5, 5.41) is 4.07. The zero-order chi connectivity index (χ0) is 19.5. The van der Waals surface area contributed by atoms with Gasteiger partial charge in [0.25, 0.3) is 0 Å². The quantitative estimate of drug-likeness (QED) is 0.670. The van der Waals surface area contributed by atoms with Gasteiger partial charge in [-0.1, -0.05) is 30.3 Å². The van der Waals surface area contributed by atoms with Crippen molar-refractivity contribution < 1.29 is 0 Å². The maximum atomic E-state index is 6.41. The highest BCUT2D eigenvalue weighted by Crippen LogP contribution is 2.33. The Morgan fingerprint density at radius 1 is 1.14 bits per heavy atom. The van der Waals surface area contributed by atoms with Gasteiger partial charge in [0.15, 0.2) is 16.8 Å². The fourth-order valence-electron chi connectivity index (χ4n) is 3.66. The Morgan fingerprint density at radius 2 is 1.89 bits per heavy atom. The Morgan fingerprint density at radius 3 is 2.57 bits per heavy atom. The number of nitrogens with one attached hydrogen (secondary N) is 1. The van der Waals surface area contributed by atoms with E-state index < -0.39 is 0 Å². The number of nitrogen functional groups attached to an aromatic ring is 1. The molecule has 0 spiro atoms. The number of aryl methyl sites for hydroxylation is 2. The third-order valence-electron chi connectivity index (χ3n) is 5.40. The second kappa shape index (κ2) is 8.14. The molecule has 3 heterocycles. The molecule has 1 aliphatic heterocycles. The first-order valence-electron chi connectivity index (χ1n) is 9.70. The van der Waals surface area contributed by atoms with Crippen molar-refractivity contribution in [3.05, 3.63) is 52.8 Å². The highest BCUT2D eigenvalue weighted by atomic mass is 32.1. The van der Waals surface area contributed by atoms with Crippen molar-refractivity contribution in [3.63, 3.8) is 0 Å². The van der Waals surface area contributed by atoms with Gasteiger partial charge < -0.3 is 16.0 Å². The van der Waals surface area contributed by atoms with Gasteiger partial charge in [-0.3, -0.25) is 0 Å². The van der Waals surface area contributed by atoms with E-state index in [-0.39, 0.29) is 0 Å². The number of thiazole rings is 1. The third-order valence-corrected chi connectivity index (χ3v) is 6.39. The Hall–Kier alpha value is -2.67. The average Bonchev–Trinajstić information content (AvgIpc) is 3.02. The van der Waals surface area contributed by atoms with Crippen molar-refractivity contribution >= 4 is 33.8 Å². The van der Waals surface area contributed by atoms with Crippen LogP contribution in [0.1, 0.15) is 29.0 Å². The number of nitrogens with zero attached hydrogens (tertiary/aromatic N) is 4. The summed E-state index contributed by atoms with van der Waals surface area (Å²) in [6.07, 6.45) is 5.01. The Labute approximate surface area is 169 Å². The third kappa shape index (κ3) is 4.09. The van der Waals surface area contributed by atoms with Crippen LogP contribution < -0.4 is 16.0 Å². The molecule has 1 aliphatic rings. The van der Waals surface area contributed by atoms with Gasteiger partial charge in [0.05, 0.1) is 5.69 Å². The van der Waals surface area contributed by atoms with Crippen molar-refractivity contribution in [1.82, 2.24) is 15.0 Å². The number of hydrogen-bond donors (Lipinski definition) is 2. The molecule has 0 amide bonds. The molecule has 0 saturated carbocycles. The molecule has 1 saturated heterocycles. The van der Waals surface area contributed by atoms with Crippen LogP contribution in [0, 0.1) is 19.8 Å². The normalized spacial score (nSPS) is 15.0. The molecule has 3 N–H and O–H groups in total. The van der Waals surface area contributed by atoms with Gasteiger partial charge >= 0.3 is 0 Å². The lowest BCUT2D eigenvalue weighted by Crippen LogP contribution is -2.35. The first kappa shape index (κ1) is 18.7. The maximum Gasteiger partial charge on any atom is 0.188 e. The van der Waals surface area contributed by atoms with Crippen LogP contribution in [-0.2, 0) is 6.42 Å². The topological polar surface area (TPSA) is 80.0 Å². The Bertz CT molecular complexity index is 912. The minimum atomic E-state index is 0.592. The molecule has 0 radical (unpaired) electrons.